The smallest absolute Gasteiger partial charge is 0.0389 e. The van der Waals surface area contributed by atoms with E-state index in [1.807, 2.05) is 11.3 Å². The van der Waals surface area contributed by atoms with Crippen molar-refractivity contribution in [1.82, 2.24) is 10.2 Å². The summed E-state index contributed by atoms with van der Waals surface area (Å²) < 4.78 is 0. The van der Waals surface area contributed by atoms with Crippen LogP contribution in [0.15, 0.2) is 11.4 Å². The number of likely N-dealkylation sites (tertiary alicyclic amines) is 1. The monoisotopic (exact) mass is 266 g/mol. The van der Waals surface area contributed by atoms with Crippen molar-refractivity contribution in [2.24, 2.45) is 0 Å². The van der Waals surface area contributed by atoms with Crippen molar-refractivity contribution in [3.63, 3.8) is 0 Å². The molecular formula is C15H26N2S. The van der Waals surface area contributed by atoms with Crippen molar-refractivity contribution in [3.05, 3.63) is 21.9 Å². The van der Waals surface area contributed by atoms with Crippen LogP contribution in [0.1, 0.15) is 49.1 Å². The van der Waals surface area contributed by atoms with Crippen molar-refractivity contribution < 1.29 is 0 Å². The predicted octanol–water partition coefficient (Wildman–Crippen LogP) is 3.58. The molecule has 1 aliphatic heterocycles. The van der Waals surface area contributed by atoms with Gasteiger partial charge in [0.25, 0.3) is 0 Å². The van der Waals surface area contributed by atoms with Crippen molar-refractivity contribution in [2.75, 3.05) is 26.2 Å². The Hall–Kier alpha value is -0.380. The Morgan fingerprint density at radius 3 is 2.61 bits per heavy atom. The third kappa shape index (κ3) is 4.08. The summed E-state index contributed by atoms with van der Waals surface area (Å²) in [7, 11) is 0. The summed E-state index contributed by atoms with van der Waals surface area (Å²) in [6, 6.07) is 2.71. The molecule has 0 spiro atoms. The van der Waals surface area contributed by atoms with E-state index < -0.39 is 0 Å². The van der Waals surface area contributed by atoms with Gasteiger partial charge in [0.2, 0.25) is 0 Å². The Morgan fingerprint density at radius 2 is 2.00 bits per heavy atom. The first-order chi connectivity index (χ1) is 8.77. The van der Waals surface area contributed by atoms with Crippen molar-refractivity contribution >= 4 is 11.3 Å². The molecule has 102 valence electrons. The van der Waals surface area contributed by atoms with Crippen LogP contribution in [0.4, 0.5) is 0 Å². The largest absolute Gasteiger partial charge is 0.308 e. The average Bonchev–Trinajstić information content (AvgIpc) is 2.63. The van der Waals surface area contributed by atoms with Crippen LogP contribution in [0.2, 0.25) is 0 Å². The average molecular weight is 266 g/mol. The molecule has 0 radical (unpaired) electrons. The van der Waals surface area contributed by atoms with E-state index in [1.54, 1.807) is 0 Å². The minimum atomic E-state index is 0.497. The number of nitrogens with one attached hydrogen (secondary N) is 1. The highest BCUT2D eigenvalue weighted by Crippen LogP contribution is 2.23. The minimum absolute atomic E-state index is 0.497. The molecule has 0 aliphatic carbocycles. The quantitative estimate of drug-likeness (QED) is 0.876. The molecule has 2 heterocycles. The maximum absolute atomic E-state index is 3.66. The lowest BCUT2D eigenvalue weighted by Crippen LogP contribution is -2.33. The maximum atomic E-state index is 3.66. The molecule has 1 saturated heterocycles. The number of hydrogen-bond donors (Lipinski definition) is 1. The van der Waals surface area contributed by atoms with Gasteiger partial charge >= 0.3 is 0 Å². The van der Waals surface area contributed by atoms with E-state index in [2.05, 4.69) is 35.5 Å². The fraction of sp³-hybridized carbons (Fsp3) is 0.733. The van der Waals surface area contributed by atoms with Gasteiger partial charge in [0.05, 0.1) is 0 Å². The van der Waals surface area contributed by atoms with E-state index in [4.69, 9.17) is 0 Å². The van der Waals surface area contributed by atoms with Gasteiger partial charge in [-0.2, -0.15) is 0 Å². The molecule has 1 atom stereocenters. The van der Waals surface area contributed by atoms with E-state index in [0.29, 0.717) is 6.04 Å². The molecule has 0 amide bonds. The van der Waals surface area contributed by atoms with Gasteiger partial charge in [-0.15, -0.1) is 11.3 Å². The zero-order valence-corrected chi connectivity index (χ0v) is 12.6. The lowest BCUT2D eigenvalue weighted by Gasteiger charge is -2.21. The molecule has 1 aromatic rings. The van der Waals surface area contributed by atoms with E-state index in [0.717, 1.165) is 6.54 Å². The molecule has 1 unspecified atom stereocenters. The van der Waals surface area contributed by atoms with E-state index >= 15 is 0 Å². The molecule has 1 aliphatic rings. The highest BCUT2D eigenvalue weighted by molar-refractivity contribution is 7.10. The van der Waals surface area contributed by atoms with Gasteiger partial charge in [-0.3, -0.25) is 0 Å². The predicted molar refractivity (Wildman–Crippen MR) is 80.4 cm³/mol. The topological polar surface area (TPSA) is 15.3 Å². The van der Waals surface area contributed by atoms with Crippen LogP contribution in [0.25, 0.3) is 0 Å². The Bertz CT molecular complexity index is 340. The summed E-state index contributed by atoms with van der Waals surface area (Å²) in [5.41, 5.74) is 1.43. The first-order valence-corrected chi connectivity index (χ1v) is 8.15. The molecule has 18 heavy (non-hydrogen) atoms. The molecule has 0 saturated carbocycles. The summed E-state index contributed by atoms with van der Waals surface area (Å²) in [5.74, 6) is 0. The molecule has 3 heteroatoms. The molecule has 2 nitrogen and oxygen atoms in total. The van der Waals surface area contributed by atoms with Crippen LogP contribution in [0.3, 0.4) is 0 Å². The number of rotatable bonds is 5. The Kier molecular flexibility index (Phi) is 5.67. The second kappa shape index (κ2) is 7.27. The van der Waals surface area contributed by atoms with Crippen LogP contribution in [0, 0.1) is 6.92 Å². The van der Waals surface area contributed by atoms with Gasteiger partial charge in [0.15, 0.2) is 0 Å². The Balaban J connectivity index is 1.70. The molecule has 1 aromatic heterocycles. The van der Waals surface area contributed by atoms with Crippen LogP contribution in [0.5, 0.6) is 0 Å². The number of hydrogen-bond acceptors (Lipinski definition) is 3. The fourth-order valence-electron chi connectivity index (χ4n) is 2.72. The van der Waals surface area contributed by atoms with Gasteiger partial charge in [-0.25, -0.2) is 0 Å². The first kappa shape index (κ1) is 14.0. The van der Waals surface area contributed by atoms with Gasteiger partial charge in [0.1, 0.15) is 0 Å². The molecular weight excluding hydrogens is 240 g/mol. The van der Waals surface area contributed by atoms with Crippen molar-refractivity contribution in [1.29, 1.82) is 0 Å². The summed E-state index contributed by atoms with van der Waals surface area (Å²) in [4.78, 5) is 4.11. The lowest BCUT2D eigenvalue weighted by molar-refractivity contribution is 0.280. The third-order valence-corrected chi connectivity index (χ3v) is 5.07. The normalized spacial score (nSPS) is 19.7. The second-order valence-electron chi connectivity index (χ2n) is 5.40. The highest BCUT2D eigenvalue weighted by Gasteiger charge is 2.11. The summed E-state index contributed by atoms with van der Waals surface area (Å²) in [6.45, 7) is 9.40. The minimum Gasteiger partial charge on any atom is -0.308 e. The SMILES string of the molecule is Cc1ccsc1C(C)NCCN1CCCCCC1. The van der Waals surface area contributed by atoms with Gasteiger partial charge in [-0.1, -0.05) is 12.8 Å². The molecule has 0 aromatic carbocycles. The number of aryl methyl sites for hydroxylation is 1. The lowest BCUT2D eigenvalue weighted by atomic mass is 10.2. The van der Waals surface area contributed by atoms with Crippen LogP contribution in [-0.4, -0.2) is 31.1 Å². The molecule has 0 bridgehead atoms. The number of thiophene rings is 1. The molecule has 1 fully saturated rings. The van der Waals surface area contributed by atoms with E-state index in [-0.39, 0.29) is 0 Å². The van der Waals surface area contributed by atoms with Crippen LogP contribution < -0.4 is 5.32 Å². The summed E-state index contributed by atoms with van der Waals surface area (Å²) >= 11 is 1.87. The third-order valence-electron chi connectivity index (χ3n) is 3.87. The summed E-state index contributed by atoms with van der Waals surface area (Å²) in [6.07, 6.45) is 5.63. The Labute approximate surface area is 115 Å². The zero-order valence-electron chi connectivity index (χ0n) is 11.7. The van der Waals surface area contributed by atoms with Gasteiger partial charge in [-0.05, 0) is 56.8 Å². The molecule has 1 N–H and O–H groups in total. The second-order valence-corrected chi connectivity index (χ2v) is 6.35. The van der Waals surface area contributed by atoms with Crippen LogP contribution in [-0.2, 0) is 0 Å². The molecule has 2 rings (SSSR count). The fourth-order valence-corrected chi connectivity index (χ4v) is 3.68. The highest BCUT2D eigenvalue weighted by atomic mass is 32.1. The maximum Gasteiger partial charge on any atom is 0.0389 e. The standard InChI is InChI=1S/C15H26N2S/c1-13-7-12-18-15(13)14(2)16-8-11-17-9-5-3-4-6-10-17/h7,12,14,16H,3-6,8-11H2,1-2H3. The zero-order chi connectivity index (χ0) is 12.8. The number of nitrogens with zero attached hydrogens (tertiary/aromatic N) is 1. The van der Waals surface area contributed by atoms with Crippen molar-refractivity contribution in [3.8, 4) is 0 Å². The van der Waals surface area contributed by atoms with E-state index in [1.165, 1.54) is 55.8 Å². The summed E-state index contributed by atoms with van der Waals surface area (Å²) in [5, 5.41) is 5.85. The van der Waals surface area contributed by atoms with Crippen molar-refractivity contribution in [2.45, 2.75) is 45.6 Å². The first-order valence-electron chi connectivity index (χ1n) is 7.27. The van der Waals surface area contributed by atoms with E-state index in [9.17, 15) is 0 Å². The van der Waals surface area contributed by atoms with Crippen LogP contribution >= 0.6 is 11.3 Å². The van der Waals surface area contributed by atoms with Gasteiger partial charge in [0, 0.05) is 24.0 Å². The Morgan fingerprint density at radius 1 is 1.28 bits per heavy atom. The van der Waals surface area contributed by atoms with Gasteiger partial charge < -0.3 is 10.2 Å².